The molecule has 32 heavy (non-hydrogen) atoms. The molecule has 0 saturated carbocycles. The monoisotopic (exact) mass is 430 g/mol. The van der Waals surface area contributed by atoms with E-state index in [4.69, 9.17) is 5.11 Å². The molecule has 2 aromatic carbocycles. The first-order valence-electron chi connectivity index (χ1n) is 10.6. The Hall–Kier alpha value is -3.67. The van der Waals surface area contributed by atoms with Crippen LogP contribution in [0.5, 0.6) is 0 Å². The Labute approximate surface area is 189 Å². The maximum Gasteiger partial charge on any atom is 0.356 e. The Bertz CT molecular complexity index is 1250. The second kappa shape index (κ2) is 9.22. The van der Waals surface area contributed by atoms with E-state index in [-0.39, 0.29) is 5.69 Å². The molecule has 0 bridgehead atoms. The van der Waals surface area contributed by atoms with Crippen molar-refractivity contribution in [2.24, 2.45) is 0 Å². The molecule has 0 radical (unpaired) electrons. The largest absolute Gasteiger partial charge is 0.476 e. The zero-order chi connectivity index (χ0) is 23.6. The zero-order valence-corrected chi connectivity index (χ0v) is 19.8. The predicted octanol–water partition coefficient (Wildman–Crippen LogP) is 5.60. The average Bonchev–Trinajstić information content (AvgIpc) is 3.20. The topological polar surface area (TPSA) is 72.9 Å². The number of hydrogen-bond acceptors (Lipinski definition) is 3. The first-order chi connectivity index (χ1) is 15.1. The highest BCUT2D eigenvalue weighted by atomic mass is 16.4. The molecule has 0 fully saturated rings. The van der Waals surface area contributed by atoms with Gasteiger partial charge in [0.1, 0.15) is 0 Å². The van der Waals surface area contributed by atoms with Gasteiger partial charge in [-0.25, -0.2) is 14.2 Å². The molecule has 6 nitrogen and oxygen atoms in total. The summed E-state index contributed by atoms with van der Waals surface area (Å²) in [5.41, 5.74) is 9.72. The number of aryl methyl sites for hydroxylation is 3. The van der Waals surface area contributed by atoms with Crippen LogP contribution in [0.3, 0.4) is 0 Å². The normalized spacial score (nSPS) is 10.6. The van der Waals surface area contributed by atoms with Gasteiger partial charge in [0.15, 0.2) is 5.69 Å². The van der Waals surface area contributed by atoms with Gasteiger partial charge in [-0.3, -0.25) is 0 Å². The highest BCUT2D eigenvalue weighted by molar-refractivity contribution is 5.87. The molecule has 0 amide bonds. The molecular weight excluding hydrogens is 400 g/mol. The van der Waals surface area contributed by atoms with Crippen LogP contribution >= 0.6 is 0 Å². The Morgan fingerprint density at radius 2 is 1.06 bits per heavy atom. The van der Waals surface area contributed by atoms with E-state index < -0.39 is 5.97 Å². The van der Waals surface area contributed by atoms with Crippen molar-refractivity contribution in [2.45, 2.75) is 48.5 Å². The smallest absolute Gasteiger partial charge is 0.356 e. The van der Waals surface area contributed by atoms with E-state index in [2.05, 4.69) is 55.2 Å². The summed E-state index contributed by atoms with van der Waals surface area (Å²) in [6.45, 7) is 14.0. The van der Waals surface area contributed by atoms with Gasteiger partial charge < -0.3 is 5.11 Å². The van der Waals surface area contributed by atoms with Gasteiger partial charge in [-0.05, 0) is 78.3 Å². The van der Waals surface area contributed by atoms with Gasteiger partial charge in [-0.15, -0.1) is 0 Å². The van der Waals surface area contributed by atoms with Crippen LogP contribution in [0.1, 0.15) is 49.8 Å². The van der Waals surface area contributed by atoms with Crippen LogP contribution in [0.4, 0.5) is 0 Å². The number of aromatic carboxylic acids is 1. The summed E-state index contributed by atoms with van der Waals surface area (Å²) in [6.07, 6.45) is 0. The third-order valence-electron chi connectivity index (χ3n) is 5.83. The van der Waals surface area contributed by atoms with Gasteiger partial charge in [-0.1, -0.05) is 35.4 Å². The number of aromatic nitrogens is 4. The lowest BCUT2D eigenvalue weighted by molar-refractivity contribution is 0.0689. The van der Waals surface area contributed by atoms with Crippen molar-refractivity contribution in [1.82, 2.24) is 19.6 Å². The summed E-state index contributed by atoms with van der Waals surface area (Å²) in [7, 11) is 0. The fourth-order valence-electron chi connectivity index (χ4n) is 3.38. The summed E-state index contributed by atoms with van der Waals surface area (Å²) in [5, 5.41) is 17.7. The molecule has 2 aromatic heterocycles. The lowest BCUT2D eigenvalue weighted by Gasteiger charge is -2.04. The lowest BCUT2D eigenvalue weighted by Crippen LogP contribution is -2.02. The Morgan fingerprint density at radius 1 is 0.656 bits per heavy atom. The molecular formula is C26H30N4O2. The molecule has 4 aromatic rings. The van der Waals surface area contributed by atoms with Gasteiger partial charge in [0.05, 0.1) is 17.1 Å². The molecule has 0 saturated heterocycles. The van der Waals surface area contributed by atoms with Crippen LogP contribution in [0, 0.1) is 48.5 Å². The van der Waals surface area contributed by atoms with Crippen molar-refractivity contribution in [1.29, 1.82) is 0 Å². The minimum Gasteiger partial charge on any atom is -0.476 e. The van der Waals surface area contributed by atoms with Crippen molar-refractivity contribution in [3.63, 3.8) is 0 Å². The van der Waals surface area contributed by atoms with E-state index in [0.717, 1.165) is 28.3 Å². The van der Waals surface area contributed by atoms with E-state index >= 15 is 0 Å². The second-order valence-electron chi connectivity index (χ2n) is 8.15. The van der Waals surface area contributed by atoms with E-state index in [1.165, 1.54) is 16.8 Å². The molecule has 0 aliphatic carbocycles. The number of rotatable bonds is 3. The SMILES string of the molecule is Cc1ccc(-n2nc(C(=O)O)c(C)c2C)cc1.Cc1ccc(-n2nc(C)c(C)c2C)cc1. The maximum absolute atomic E-state index is 11.0. The minimum atomic E-state index is -0.989. The van der Waals surface area contributed by atoms with E-state index in [9.17, 15) is 4.79 Å². The van der Waals surface area contributed by atoms with Gasteiger partial charge in [0.2, 0.25) is 0 Å². The van der Waals surface area contributed by atoms with Crippen LogP contribution in [0.15, 0.2) is 48.5 Å². The van der Waals surface area contributed by atoms with Gasteiger partial charge in [-0.2, -0.15) is 10.2 Å². The second-order valence-corrected chi connectivity index (χ2v) is 8.15. The molecule has 1 N–H and O–H groups in total. The quantitative estimate of drug-likeness (QED) is 0.459. The third-order valence-corrected chi connectivity index (χ3v) is 5.83. The number of hydrogen-bond donors (Lipinski definition) is 1. The first-order valence-corrected chi connectivity index (χ1v) is 10.6. The van der Waals surface area contributed by atoms with E-state index in [1.54, 1.807) is 11.6 Å². The zero-order valence-electron chi connectivity index (χ0n) is 19.8. The summed E-state index contributed by atoms with van der Waals surface area (Å²) in [6, 6.07) is 16.3. The van der Waals surface area contributed by atoms with Crippen LogP contribution in [-0.4, -0.2) is 30.6 Å². The number of carbonyl (C=O) groups is 1. The van der Waals surface area contributed by atoms with Crippen molar-refractivity contribution in [3.8, 4) is 11.4 Å². The molecule has 0 unspecified atom stereocenters. The first kappa shape index (κ1) is 23.0. The van der Waals surface area contributed by atoms with E-state index in [1.807, 2.05) is 49.7 Å². The standard InChI is InChI=1S/C13H14N2O2.C13H16N2/c1-8-4-6-11(7-5-8)15-10(3)9(2)12(14-15)13(16)17;1-9-5-7-13(8-6-9)15-12(4)10(2)11(3)14-15/h4-7H,1-3H3,(H,16,17);5-8H,1-4H3. The number of nitrogens with zero attached hydrogens (tertiary/aromatic N) is 4. The molecule has 0 atom stereocenters. The van der Waals surface area contributed by atoms with Crippen LogP contribution in [0.25, 0.3) is 11.4 Å². The number of carboxylic acid groups (broad SMARTS) is 1. The highest BCUT2D eigenvalue weighted by Gasteiger charge is 2.17. The van der Waals surface area contributed by atoms with E-state index in [0.29, 0.717) is 5.56 Å². The minimum absolute atomic E-state index is 0.114. The van der Waals surface area contributed by atoms with Gasteiger partial charge in [0.25, 0.3) is 0 Å². The van der Waals surface area contributed by atoms with Gasteiger partial charge in [0, 0.05) is 17.0 Å². The maximum atomic E-state index is 11.0. The molecule has 6 heteroatoms. The average molecular weight is 431 g/mol. The van der Waals surface area contributed by atoms with Crippen LogP contribution in [-0.2, 0) is 0 Å². The van der Waals surface area contributed by atoms with Gasteiger partial charge >= 0.3 is 5.97 Å². The summed E-state index contributed by atoms with van der Waals surface area (Å²) < 4.78 is 3.67. The van der Waals surface area contributed by atoms with Crippen molar-refractivity contribution in [2.75, 3.05) is 0 Å². The summed E-state index contributed by atoms with van der Waals surface area (Å²) >= 11 is 0. The predicted molar refractivity (Wildman–Crippen MR) is 127 cm³/mol. The van der Waals surface area contributed by atoms with Crippen molar-refractivity contribution in [3.05, 3.63) is 93.6 Å². The summed E-state index contributed by atoms with van der Waals surface area (Å²) in [5.74, 6) is -0.989. The van der Waals surface area contributed by atoms with Crippen LogP contribution < -0.4 is 0 Å². The molecule has 166 valence electrons. The summed E-state index contributed by atoms with van der Waals surface area (Å²) in [4.78, 5) is 11.0. The number of benzene rings is 2. The molecule has 0 spiro atoms. The molecule has 2 heterocycles. The molecule has 0 aliphatic heterocycles. The van der Waals surface area contributed by atoms with Crippen molar-refractivity contribution < 1.29 is 9.90 Å². The highest BCUT2D eigenvalue weighted by Crippen LogP contribution is 2.18. The lowest BCUT2D eigenvalue weighted by atomic mass is 10.2. The third kappa shape index (κ3) is 4.64. The Balaban J connectivity index is 0.000000182. The number of carboxylic acids is 1. The fourth-order valence-corrected chi connectivity index (χ4v) is 3.38. The van der Waals surface area contributed by atoms with Crippen LogP contribution in [0.2, 0.25) is 0 Å². The Morgan fingerprint density at radius 3 is 1.41 bits per heavy atom. The Kier molecular flexibility index (Phi) is 6.63. The molecule has 0 aliphatic rings. The fraction of sp³-hybridized carbons (Fsp3) is 0.269. The molecule has 4 rings (SSSR count). The van der Waals surface area contributed by atoms with Crippen molar-refractivity contribution >= 4 is 5.97 Å².